The van der Waals surface area contributed by atoms with E-state index in [1.54, 1.807) is 12.1 Å². The summed E-state index contributed by atoms with van der Waals surface area (Å²) < 4.78 is 0. The molecule has 0 heterocycles. The first-order chi connectivity index (χ1) is 20.7. The predicted molar refractivity (Wildman–Crippen MR) is 183 cm³/mol. The summed E-state index contributed by atoms with van der Waals surface area (Å²) >= 11 is 0. The molecule has 4 rings (SSSR count). The number of benzene rings is 2. The minimum atomic E-state index is -0.543. The zero-order chi connectivity index (χ0) is 33.0. The molecule has 0 bridgehead atoms. The van der Waals surface area contributed by atoms with Crippen molar-refractivity contribution in [3.63, 3.8) is 0 Å². The van der Waals surface area contributed by atoms with Crippen LogP contribution in [-0.2, 0) is 29.3 Å². The number of aromatic hydroxyl groups is 4. The van der Waals surface area contributed by atoms with E-state index in [0.29, 0.717) is 38.3 Å². The zero-order valence-corrected chi connectivity index (χ0v) is 28.3. The second-order valence-corrected chi connectivity index (χ2v) is 14.0. The lowest BCUT2D eigenvalue weighted by atomic mass is 9.70. The van der Waals surface area contributed by atoms with Gasteiger partial charge in [-0.3, -0.25) is 9.80 Å². The maximum Gasteiger partial charge on any atom is 0.162 e. The first-order valence-electron chi connectivity index (χ1n) is 16.1. The molecule has 6 heteroatoms. The second kappa shape index (κ2) is 13.8. The molecular weight excluding hydrogens is 548 g/mol. The van der Waals surface area contributed by atoms with Gasteiger partial charge in [0.05, 0.1) is 0 Å². The van der Waals surface area contributed by atoms with E-state index in [2.05, 4.69) is 78.0 Å². The molecule has 242 valence electrons. The van der Waals surface area contributed by atoms with Crippen LogP contribution < -0.4 is 0 Å². The van der Waals surface area contributed by atoms with Crippen LogP contribution in [0.15, 0.2) is 50.1 Å². The first kappa shape index (κ1) is 35.3. The fraction of sp³-hybridized carbons (Fsp3) is 0.526. The molecule has 1 atom stereocenters. The molecular formula is C38H56N2O4. The molecule has 0 saturated carbocycles. The maximum absolute atomic E-state index is 11.5. The molecule has 2 aliphatic carbocycles. The highest BCUT2D eigenvalue weighted by Gasteiger charge is 2.59. The Morgan fingerprint density at radius 3 is 1.41 bits per heavy atom. The van der Waals surface area contributed by atoms with E-state index in [0.717, 1.165) is 53.6 Å². The Hall–Kier alpha value is -3.22. The number of phenols is 4. The van der Waals surface area contributed by atoms with Crippen molar-refractivity contribution in [1.82, 2.24) is 9.80 Å². The Labute approximate surface area is 266 Å². The van der Waals surface area contributed by atoms with Crippen LogP contribution in [0.4, 0.5) is 0 Å². The van der Waals surface area contributed by atoms with Crippen LogP contribution in [0, 0.1) is 0 Å². The summed E-state index contributed by atoms with van der Waals surface area (Å²) in [6.45, 7) is 30.5. The summed E-state index contributed by atoms with van der Waals surface area (Å²) in [5.41, 5.74) is 4.37. The Morgan fingerprint density at radius 2 is 1.05 bits per heavy atom. The van der Waals surface area contributed by atoms with Gasteiger partial charge in [0.15, 0.2) is 23.0 Å². The van der Waals surface area contributed by atoms with Crippen LogP contribution in [0.1, 0.15) is 108 Å². The van der Waals surface area contributed by atoms with Crippen molar-refractivity contribution in [3.8, 4) is 23.0 Å². The van der Waals surface area contributed by atoms with Gasteiger partial charge >= 0.3 is 0 Å². The molecule has 4 N–H and O–H groups in total. The number of hydrogen-bond acceptors (Lipinski definition) is 6. The van der Waals surface area contributed by atoms with Crippen LogP contribution in [-0.4, -0.2) is 56.4 Å². The van der Waals surface area contributed by atoms with Crippen molar-refractivity contribution in [2.24, 2.45) is 0 Å². The van der Waals surface area contributed by atoms with Crippen LogP contribution in [0.25, 0.3) is 0 Å². The van der Waals surface area contributed by atoms with E-state index in [1.807, 2.05) is 18.2 Å². The SMILES string of the molecule is C=CCN(CC=C)Cc1c(O)c(O)cc2c1C1(CC2(C)C)CC(C)(C)c2cc(O)c(O)c(CN(CC=C)CCC)c21.CCC. The maximum atomic E-state index is 11.5. The van der Waals surface area contributed by atoms with Crippen molar-refractivity contribution in [2.45, 2.75) is 103 Å². The molecule has 0 radical (unpaired) electrons. The van der Waals surface area contributed by atoms with Crippen molar-refractivity contribution < 1.29 is 20.4 Å². The van der Waals surface area contributed by atoms with Crippen LogP contribution >= 0.6 is 0 Å². The van der Waals surface area contributed by atoms with Gasteiger partial charge in [0, 0.05) is 49.3 Å². The zero-order valence-electron chi connectivity index (χ0n) is 28.3. The van der Waals surface area contributed by atoms with E-state index < -0.39 is 5.41 Å². The average molecular weight is 605 g/mol. The van der Waals surface area contributed by atoms with Crippen molar-refractivity contribution in [1.29, 1.82) is 0 Å². The third kappa shape index (κ3) is 6.43. The number of fused-ring (bicyclic) bond motifs is 4. The van der Waals surface area contributed by atoms with Crippen LogP contribution in [0.2, 0.25) is 0 Å². The van der Waals surface area contributed by atoms with E-state index in [-0.39, 0.29) is 33.8 Å². The highest BCUT2D eigenvalue weighted by atomic mass is 16.3. The number of rotatable bonds is 12. The normalized spacial score (nSPS) is 19.0. The molecule has 0 aliphatic heterocycles. The van der Waals surface area contributed by atoms with Gasteiger partial charge in [-0.25, -0.2) is 0 Å². The summed E-state index contributed by atoms with van der Waals surface area (Å²) in [7, 11) is 0. The third-order valence-electron chi connectivity index (χ3n) is 9.13. The van der Waals surface area contributed by atoms with Crippen molar-refractivity contribution in [3.05, 3.63) is 83.5 Å². The Bertz CT molecular complexity index is 1360. The number of hydrogen-bond donors (Lipinski definition) is 4. The topological polar surface area (TPSA) is 87.4 Å². The highest BCUT2D eigenvalue weighted by molar-refractivity contribution is 5.70. The fourth-order valence-corrected chi connectivity index (χ4v) is 7.88. The lowest BCUT2D eigenvalue weighted by Crippen LogP contribution is -2.32. The molecule has 1 unspecified atom stereocenters. The molecule has 2 aliphatic rings. The fourth-order valence-electron chi connectivity index (χ4n) is 7.88. The van der Waals surface area contributed by atoms with E-state index >= 15 is 0 Å². The quantitative estimate of drug-likeness (QED) is 0.145. The van der Waals surface area contributed by atoms with E-state index in [4.69, 9.17) is 0 Å². The molecule has 6 nitrogen and oxygen atoms in total. The van der Waals surface area contributed by atoms with Crippen molar-refractivity contribution in [2.75, 3.05) is 26.2 Å². The smallest absolute Gasteiger partial charge is 0.162 e. The molecule has 0 amide bonds. The third-order valence-corrected chi connectivity index (χ3v) is 9.13. The summed E-state index contributed by atoms with van der Waals surface area (Å²) in [6.07, 6.45) is 9.22. The first-order valence-corrected chi connectivity index (χ1v) is 16.1. The second-order valence-electron chi connectivity index (χ2n) is 14.0. The predicted octanol–water partition coefficient (Wildman–Crippen LogP) is 8.15. The standard InChI is InChI=1S/C35H48N2O4.C3H8/c1-9-13-36(14-10-2)19-23-29-25(17-27(38)31(23)40)33(5,6)21-35(29)22-34(7,8)26-18-28(39)32(41)24(30(26)35)20-37(15-11-3)16-12-4;1-3-2/h9-11,17-18,38-41H,1-3,12-16,19-22H2,4-8H3;3H2,1-2H3. The lowest BCUT2D eigenvalue weighted by Gasteiger charge is -2.35. The van der Waals surface area contributed by atoms with Gasteiger partial charge in [0.25, 0.3) is 0 Å². The van der Waals surface area contributed by atoms with Gasteiger partial charge in [-0.1, -0.05) is 73.1 Å². The molecule has 1 spiro atoms. The largest absolute Gasteiger partial charge is 0.504 e. The van der Waals surface area contributed by atoms with Gasteiger partial charge in [0.2, 0.25) is 0 Å². The van der Waals surface area contributed by atoms with Gasteiger partial charge < -0.3 is 20.4 Å². The molecule has 2 aromatic carbocycles. The van der Waals surface area contributed by atoms with Gasteiger partial charge in [-0.2, -0.15) is 0 Å². The monoisotopic (exact) mass is 604 g/mol. The Morgan fingerprint density at radius 1 is 0.682 bits per heavy atom. The molecule has 2 aromatic rings. The summed E-state index contributed by atoms with van der Waals surface area (Å²) in [5.74, 6) is -0.406. The van der Waals surface area contributed by atoms with Gasteiger partial charge in [-0.15, -0.1) is 19.7 Å². The Kier molecular flexibility index (Phi) is 11.1. The number of phenolic OH excluding ortho intramolecular Hbond substituents is 4. The molecule has 0 fully saturated rings. The highest BCUT2D eigenvalue weighted by Crippen LogP contribution is 2.67. The van der Waals surface area contributed by atoms with Crippen LogP contribution in [0.3, 0.4) is 0 Å². The summed E-state index contributed by atoms with van der Waals surface area (Å²) in [6, 6.07) is 3.48. The molecule has 0 saturated heterocycles. The minimum absolute atomic E-state index is 0.0817. The van der Waals surface area contributed by atoms with Gasteiger partial charge in [0.1, 0.15) is 0 Å². The molecule has 44 heavy (non-hydrogen) atoms. The van der Waals surface area contributed by atoms with Gasteiger partial charge in [-0.05, 0) is 71.0 Å². The number of nitrogens with zero attached hydrogens (tertiary/aromatic N) is 2. The van der Waals surface area contributed by atoms with Crippen molar-refractivity contribution >= 4 is 0 Å². The molecule has 0 aromatic heterocycles. The minimum Gasteiger partial charge on any atom is -0.504 e. The van der Waals surface area contributed by atoms with Crippen LogP contribution in [0.5, 0.6) is 23.0 Å². The summed E-state index contributed by atoms with van der Waals surface area (Å²) in [5, 5.41) is 44.9. The Balaban J connectivity index is 0.00000169. The summed E-state index contributed by atoms with van der Waals surface area (Å²) in [4.78, 5) is 4.38. The van der Waals surface area contributed by atoms with E-state index in [1.165, 1.54) is 6.42 Å². The lowest BCUT2D eigenvalue weighted by molar-refractivity contribution is 0.282. The van der Waals surface area contributed by atoms with E-state index in [9.17, 15) is 20.4 Å². The average Bonchev–Trinajstić information content (AvgIpc) is 3.28.